The Morgan fingerprint density at radius 3 is 0.797 bits per heavy atom. The van der Waals surface area contributed by atoms with Crippen molar-refractivity contribution < 1.29 is 13.7 Å². The summed E-state index contributed by atoms with van der Waals surface area (Å²) < 4.78 is 53.7. The summed E-state index contributed by atoms with van der Waals surface area (Å²) in [5.74, 6) is 0. The van der Waals surface area contributed by atoms with Crippen LogP contribution in [0.25, 0.3) is 160 Å². The molecular weight excluding hydrogens is 1550 g/mol. The van der Waals surface area contributed by atoms with Crippen LogP contribution in [0.5, 0.6) is 0 Å². The number of para-hydroxylation sites is 3. The Hall–Kier alpha value is -14.7. The minimum atomic E-state index is -3.16. The predicted molar refractivity (Wildman–Crippen MR) is 519 cm³/mol. The van der Waals surface area contributed by atoms with E-state index in [1.165, 1.54) is 33.4 Å². The van der Waals surface area contributed by atoms with Gasteiger partial charge in [-0.15, -0.1) is 0 Å². The average Bonchev–Trinajstić information content (AvgIpc) is 1.54. The van der Waals surface area contributed by atoms with Crippen molar-refractivity contribution in [2.75, 3.05) is 0 Å². The van der Waals surface area contributed by atoms with Gasteiger partial charge in [-0.1, -0.05) is 382 Å². The highest BCUT2D eigenvalue weighted by atomic mass is 31.2. The summed E-state index contributed by atoms with van der Waals surface area (Å²) in [6.07, 6.45) is 0. The number of fused-ring (bicyclic) bond motifs is 21. The van der Waals surface area contributed by atoms with Crippen molar-refractivity contribution in [1.82, 2.24) is 13.7 Å². The van der Waals surface area contributed by atoms with Crippen molar-refractivity contribution in [2.45, 2.75) is 0 Å². The number of nitrogens with zero attached hydrogens (tertiary/aromatic N) is 3. The van der Waals surface area contributed by atoms with Gasteiger partial charge >= 0.3 is 0 Å². The molecule has 25 rings (SSSR count). The molecule has 0 amide bonds. The van der Waals surface area contributed by atoms with E-state index in [1.54, 1.807) is 0 Å². The van der Waals surface area contributed by atoms with Gasteiger partial charge in [0.1, 0.15) is 0 Å². The normalized spacial score (nSPS) is 15.7. The van der Waals surface area contributed by atoms with Gasteiger partial charge in [-0.25, -0.2) is 0 Å². The number of benzene rings is 19. The maximum Gasteiger partial charge on any atom is 0.172 e. The van der Waals surface area contributed by atoms with E-state index in [1.807, 2.05) is 133 Å². The SMILES string of the molecule is O=P1(c2ccccc2)c2ccccc2-c2ccc3c(c21)c1ccccc1n3-c1cc(-c2ccccc2)cc(-c2ccccc2)c1.O=P1(c2ccccc2)c2ccccc2-c2ccc3c(c21)c1ccccc1n3-c1ccc(-c2ccccc2)cc1.O=P1(c2ccccc2)c2ccccc2-c2ccc3c(c21)c1ccccc1n3-c1cccc(-c2ccccc2)c1. The summed E-state index contributed by atoms with van der Waals surface area (Å²) >= 11 is 0. The second-order valence-corrected chi connectivity index (χ2v) is 39.8. The van der Waals surface area contributed by atoms with Gasteiger partial charge < -0.3 is 27.4 Å². The number of hydrogen-bond acceptors (Lipinski definition) is 3. The van der Waals surface area contributed by atoms with E-state index in [-0.39, 0.29) is 0 Å². The molecule has 22 aromatic rings. The Balaban J connectivity index is 0.000000107. The molecule has 6 heterocycles. The van der Waals surface area contributed by atoms with E-state index in [2.05, 4.69) is 341 Å². The van der Waals surface area contributed by atoms with Crippen LogP contribution in [0.1, 0.15) is 0 Å². The van der Waals surface area contributed by atoms with Gasteiger partial charge in [0.15, 0.2) is 21.4 Å². The minimum absolute atomic E-state index is 0.873. The summed E-state index contributed by atoms with van der Waals surface area (Å²) in [5.41, 5.74) is 25.6. The summed E-state index contributed by atoms with van der Waals surface area (Å²) in [5, 5.41) is 14.9. The topological polar surface area (TPSA) is 66.0 Å². The Morgan fingerprint density at radius 1 is 0.163 bits per heavy atom. The van der Waals surface area contributed by atoms with Gasteiger partial charge in [-0.2, -0.15) is 0 Å². The van der Waals surface area contributed by atoms with E-state index in [0.717, 1.165) is 175 Å². The van der Waals surface area contributed by atoms with Crippen molar-refractivity contribution in [3.8, 4) is 95.0 Å². The third-order valence-corrected chi connectivity index (χ3v) is 34.7. The fraction of sp³-hybridized carbons (Fsp3) is 0. The molecule has 0 N–H and O–H groups in total. The summed E-state index contributed by atoms with van der Waals surface area (Å²) in [6, 6.07) is 160. The molecule has 0 spiro atoms. The van der Waals surface area contributed by atoms with E-state index in [0.29, 0.717) is 0 Å². The molecule has 3 aromatic heterocycles. The fourth-order valence-electron chi connectivity index (χ4n) is 19.8. The van der Waals surface area contributed by atoms with Crippen LogP contribution in [0, 0.1) is 0 Å². The standard InChI is InChI=1S/C42H28NOP.2C36H24NOP/c44-45(34-18-8-3-9-19-34)40-23-13-11-20-35(40)36-24-25-39-41(42(36)45)37-21-10-12-22-38(37)43(39)33-27-31(29-14-4-1-5-15-29)26-32(28-33)30-16-6-2-7-17-30;38-39(28-16-5-2-6-17-28)34-21-10-8-18-29(34)30-22-23-33-35(36(30)39)31-19-7-9-20-32(31)37(33)27-15-11-14-26(24-27)25-12-3-1-4-13-25;38-39(28-13-5-2-6-14-28)34-18-10-8-15-29(34)30-23-24-33-35(36(30)39)31-16-7-9-17-32(31)37(33)27-21-19-26(20-22-27)25-11-3-1-4-12-25/h1-28H;2*1-24H. The molecule has 3 unspecified atom stereocenters. The van der Waals surface area contributed by atoms with Gasteiger partial charge in [0.25, 0.3) is 0 Å². The lowest BCUT2D eigenvalue weighted by molar-refractivity contribution is 0.592. The molecule has 0 radical (unpaired) electrons. The van der Waals surface area contributed by atoms with Crippen LogP contribution in [0.15, 0.2) is 461 Å². The van der Waals surface area contributed by atoms with Gasteiger partial charge in [-0.3, -0.25) is 0 Å². The molecule has 9 heteroatoms. The molecule has 580 valence electrons. The molecule has 0 saturated carbocycles. The third kappa shape index (κ3) is 11.6. The lowest BCUT2D eigenvalue weighted by Gasteiger charge is -2.17. The van der Waals surface area contributed by atoms with Crippen molar-refractivity contribution >= 4 is 135 Å². The Labute approximate surface area is 712 Å². The van der Waals surface area contributed by atoms with Crippen molar-refractivity contribution in [3.63, 3.8) is 0 Å². The number of aromatic nitrogens is 3. The van der Waals surface area contributed by atoms with Gasteiger partial charge in [-0.05, 0) is 157 Å². The summed E-state index contributed by atoms with van der Waals surface area (Å²) in [6.45, 7) is 0. The first-order valence-corrected chi connectivity index (χ1v) is 46.9. The molecule has 0 aliphatic carbocycles. The third-order valence-electron chi connectivity index (χ3n) is 25.2. The minimum Gasteiger partial charge on any atom is -0.309 e. The predicted octanol–water partition coefficient (Wildman–Crippen LogP) is 25.9. The molecule has 19 aromatic carbocycles. The van der Waals surface area contributed by atoms with Gasteiger partial charge in [0.05, 0.1) is 33.1 Å². The maximum absolute atomic E-state index is 15.7. The van der Waals surface area contributed by atoms with Crippen LogP contribution in [-0.2, 0) is 13.7 Å². The first-order valence-electron chi connectivity index (χ1n) is 41.8. The van der Waals surface area contributed by atoms with Crippen LogP contribution >= 0.6 is 21.4 Å². The average molecular weight is 1630 g/mol. The zero-order valence-corrected chi connectivity index (χ0v) is 69.5. The van der Waals surface area contributed by atoms with E-state index in [4.69, 9.17) is 0 Å². The van der Waals surface area contributed by atoms with E-state index in [9.17, 15) is 0 Å². The number of hydrogen-bond donors (Lipinski definition) is 0. The first kappa shape index (κ1) is 73.4. The molecule has 0 saturated heterocycles. The second-order valence-electron chi connectivity index (χ2n) is 31.8. The van der Waals surface area contributed by atoms with Crippen LogP contribution in [0.3, 0.4) is 0 Å². The van der Waals surface area contributed by atoms with Crippen LogP contribution in [0.2, 0.25) is 0 Å². The monoisotopic (exact) mass is 1630 g/mol. The summed E-state index contributed by atoms with van der Waals surface area (Å²) in [4.78, 5) is 0. The Bertz CT molecular complexity index is 8070. The largest absolute Gasteiger partial charge is 0.309 e. The molecular formula is C114H76N3O3P3. The van der Waals surface area contributed by atoms with Gasteiger partial charge in [0.2, 0.25) is 0 Å². The maximum atomic E-state index is 15.7. The first-order chi connectivity index (χ1) is 60.7. The lowest BCUT2D eigenvalue weighted by Crippen LogP contribution is -2.21. The highest BCUT2D eigenvalue weighted by molar-refractivity contribution is 7.88. The van der Waals surface area contributed by atoms with E-state index >= 15 is 13.7 Å². The number of rotatable bonds is 10. The molecule has 3 aliphatic rings. The Kier molecular flexibility index (Phi) is 17.7. The molecule has 0 fully saturated rings. The summed E-state index contributed by atoms with van der Waals surface area (Å²) in [7, 11) is -9.35. The van der Waals surface area contributed by atoms with Crippen LogP contribution < -0.4 is 47.7 Å². The van der Waals surface area contributed by atoms with E-state index < -0.39 is 21.4 Å². The smallest absolute Gasteiger partial charge is 0.172 e. The highest BCUT2D eigenvalue weighted by Gasteiger charge is 2.46. The van der Waals surface area contributed by atoms with Gasteiger partial charge in [0, 0.05) is 97.1 Å². The lowest BCUT2D eigenvalue weighted by atomic mass is 9.98. The van der Waals surface area contributed by atoms with Crippen LogP contribution in [-0.4, -0.2) is 13.7 Å². The van der Waals surface area contributed by atoms with Crippen molar-refractivity contribution in [2.24, 2.45) is 0 Å². The molecule has 123 heavy (non-hydrogen) atoms. The highest BCUT2D eigenvalue weighted by Crippen LogP contribution is 2.59. The zero-order chi connectivity index (χ0) is 81.9. The quantitative estimate of drug-likeness (QED) is 0.128. The van der Waals surface area contributed by atoms with Crippen molar-refractivity contribution in [1.29, 1.82) is 0 Å². The second kappa shape index (κ2) is 29.6. The zero-order valence-electron chi connectivity index (χ0n) is 66.8. The molecule has 6 nitrogen and oxygen atoms in total. The fourth-order valence-corrected chi connectivity index (χ4v) is 29.7. The molecule has 3 aliphatic heterocycles. The van der Waals surface area contributed by atoms with Crippen LogP contribution in [0.4, 0.5) is 0 Å². The Morgan fingerprint density at radius 2 is 0.431 bits per heavy atom. The van der Waals surface area contributed by atoms with Crippen molar-refractivity contribution in [3.05, 3.63) is 461 Å². The molecule has 3 atom stereocenters. The molecule has 0 bridgehead atoms.